The number of anilines is 1. The van der Waals surface area contributed by atoms with E-state index in [1.54, 1.807) is 11.3 Å². The first-order valence-electron chi connectivity index (χ1n) is 4.99. The van der Waals surface area contributed by atoms with Crippen LogP contribution in [0.15, 0.2) is 18.7 Å². The lowest BCUT2D eigenvalue weighted by Gasteiger charge is -2.04. The van der Waals surface area contributed by atoms with Gasteiger partial charge in [-0.05, 0) is 31.0 Å². The Morgan fingerprint density at radius 1 is 1.56 bits per heavy atom. The second-order valence-corrected chi connectivity index (χ2v) is 4.99. The summed E-state index contributed by atoms with van der Waals surface area (Å²) in [4.78, 5) is 10.5. The normalized spacial score (nSPS) is 10.6. The monoisotopic (exact) mass is 253 g/mol. The molecular weight excluding hydrogens is 242 g/mol. The molecular formula is C11H12ClN3S. The largest absolute Gasteiger partial charge is 0.369 e. The summed E-state index contributed by atoms with van der Waals surface area (Å²) in [5.41, 5.74) is 0. The van der Waals surface area contributed by atoms with Gasteiger partial charge in [0.15, 0.2) is 0 Å². The van der Waals surface area contributed by atoms with E-state index in [1.807, 2.05) is 13.0 Å². The number of nitrogens with zero attached hydrogens (tertiary/aromatic N) is 2. The smallest absolute Gasteiger partial charge is 0.225 e. The minimum absolute atomic E-state index is 0.287. The Morgan fingerprint density at radius 3 is 3.12 bits per heavy atom. The molecule has 0 aliphatic rings. The van der Waals surface area contributed by atoms with Crippen molar-refractivity contribution in [2.24, 2.45) is 0 Å². The van der Waals surface area contributed by atoms with Gasteiger partial charge in [-0.25, -0.2) is 9.97 Å². The van der Waals surface area contributed by atoms with E-state index >= 15 is 0 Å². The van der Waals surface area contributed by atoms with Crippen LogP contribution in [0.25, 0.3) is 10.2 Å². The van der Waals surface area contributed by atoms with Gasteiger partial charge >= 0.3 is 0 Å². The van der Waals surface area contributed by atoms with Crippen LogP contribution in [-0.2, 0) is 0 Å². The van der Waals surface area contributed by atoms with Gasteiger partial charge in [-0.15, -0.1) is 17.9 Å². The van der Waals surface area contributed by atoms with Crippen molar-refractivity contribution in [3.8, 4) is 0 Å². The van der Waals surface area contributed by atoms with Crippen molar-refractivity contribution in [3.63, 3.8) is 0 Å². The Hall–Kier alpha value is -1.13. The highest BCUT2D eigenvalue weighted by molar-refractivity contribution is 7.18. The zero-order valence-corrected chi connectivity index (χ0v) is 10.5. The Labute approximate surface area is 103 Å². The summed E-state index contributed by atoms with van der Waals surface area (Å²) in [5, 5.41) is 4.57. The first-order chi connectivity index (χ1) is 7.70. The van der Waals surface area contributed by atoms with Crippen molar-refractivity contribution in [3.05, 3.63) is 28.9 Å². The average molecular weight is 254 g/mol. The fraction of sp³-hybridized carbons (Fsp3) is 0.273. The summed E-state index contributed by atoms with van der Waals surface area (Å²) in [6, 6.07) is 2.08. The van der Waals surface area contributed by atoms with Gasteiger partial charge in [0.1, 0.15) is 10.6 Å². The van der Waals surface area contributed by atoms with Gasteiger partial charge in [0.05, 0.1) is 5.39 Å². The van der Waals surface area contributed by atoms with E-state index in [9.17, 15) is 0 Å². The summed E-state index contributed by atoms with van der Waals surface area (Å²) in [6.45, 7) is 6.53. The van der Waals surface area contributed by atoms with E-state index in [0.717, 1.165) is 29.0 Å². The number of hydrogen-bond donors (Lipinski definition) is 1. The molecule has 0 fully saturated rings. The second-order valence-electron chi connectivity index (χ2n) is 3.42. The van der Waals surface area contributed by atoms with E-state index in [-0.39, 0.29) is 5.28 Å². The molecule has 16 heavy (non-hydrogen) atoms. The van der Waals surface area contributed by atoms with Crippen molar-refractivity contribution in [1.82, 2.24) is 9.97 Å². The molecule has 0 unspecified atom stereocenters. The first kappa shape index (κ1) is 11.4. The third-order valence-electron chi connectivity index (χ3n) is 2.13. The average Bonchev–Trinajstić information content (AvgIpc) is 2.58. The maximum absolute atomic E-state index is 5.87. The predicted molar refractivity (Wildman–Crippen MR) is 70.5 cm³/mol. The van der Waals surface area contributed by atoms with Crippen LogP contribution in [0.4, 0.5) is 5.82 Å². The van der Waals surface area contributed by atoms with E-state index in [0.29, 0.717) is 0 Å². The molecule has 2 rings (SSSR count). The van der Waals surface area contributed by atoms with E-state index in [2.05, 4.69) is 27.9 Å². The molecule has 0 aliphatic carbocycles. The molecule has 0 spiro atoms. The van der Waals surface area contributed by atoms with Gasteiger partial charge < -0.3 is 5.32 Å². The van der Waals surface area contributed by atoms with Crippen LogP contribution in [0.2, 0.25) is 5.28 Å². The zero-order chi connectivity index (χ0) is 11.5. The number of nitrogens with one attached hydrogen (secondary N) is 1. The predicted octanol–water partition coefficient (Wildman–Crippen LogP) is 3.64. The summed E-state index contributed by atoms with van der Waals surface area (Å²) < 4.78 is 0. The summed E-state index contributed by atoms with van der Waals surface area (Å²) in [7, 11) is 0. The summed E-state index contributed by atoms with van der Waals surface area (Å²) in [6.07, 6.45) is 2.76. The van der Waals surface area contributed by atoms with Gasteiger partial charge in [-0.2, -0.15) is 0 Å². The van der Waals surface area contributed by atoms with E-state index in [4.69, 9.17) is 11.6 Å². The second kappa shape index (κ2) is 4.80. The number of fused-ring (bicyclic) bond motifs is 1. The van der Waals surface area contributed by atoms with Gasteiger partial charge in [0.2, 0.25) is 5.28 Å². The van der Waals surface area contributed by atoms with Crippen molar-refractivity contribution >= 4 is 39.0 Å². The number of halogens is 1. The molecule has 0 saturated carbocycles. The van der Waals surface area contributed by atoms with Crippen LogP contribution < -0.4 is 5.32 Å². The molecule has 0 aliphatic heterocycles. The van der Waals surface area contributed by atoms with Crippen molar-refractivity contribution in [2.45, 2.75) is 13.3 Å². The van der Waals surface area contributed by atoms with Crippen LogP contribution in [0.1, 0.15) is 11.3 Å². The lowest BCUT2D eigenvalue weighted by molar-refractivity contribution is 1.05. The van der Waals surface area contributed by atoms with Crippen LogP contribution in [0.5, 0.6) is 0 Å². The molecule has 0 aromatic carbocycles. The molecule has 0 amide bonds. The molecule has 84 valence electrons. The quantitative estimate of drug-likeness (QED) is 0.514. The molecule has 0 radical (unpaired) electrons. The molecule has 2 aromatic rings. The van der Waals surface area contributed by atoms with Gasteiger partial charge in [0, 0.05) is 11.4 Å². The van der Waals surface area contributed by atoms with Gasteiger partial charge in [-0.3, -0.25) is 0 Å². The highest BCUT2D eigenvalue weighted by Crippen LogP contribution is 2.29. The number of rotatable bonds is 4. The fourth-order valence-electron chi connectivity index (χ4n) is 1.44. The third-order valence-corrected chi connectivity index (χ3v) is 3.24. The SMILES string of the molecule is C=CCCNc1nc(Cl)nc2sc(C)cc12. The maximum Gasteiger partial charge on any atom is 0.225 e. The minimum atomic E-state index is 0.287. The molecule has 0 atom stereocenters. The molecule has 0 saturated heterocycles. The lowest BCUT2D eigenvalue weighted by atomic mass is 10.3. The number of aryl methyl sites for hydroxylation is 1. The Bertz CT molecular complexity index is 521. The highest BCUT2D eigenvalue weighted by atomic mass is 35.5. The molecule has 3 nitrogen and oxygen atoms in total. The molecule has 1 N–H and O–H groups in total. The topological polar surface area (TPSA) is 37.8 Å². The first-order valence-corrected chi connectivity index (χ1v) is 6.18. The van der Waals surface area contributed by atoms with E-state index in [1.165, 1.54) is 4.88 Å². The standard InChI is InChI=1S/C11H12ClN3S/c1-3-4-5-13-9-8-6-7(2)16-10(8)15-11(12)14-9/h3,6H,1,4-5H2,2H3,(H,13,14,15). The number of thiophene rings is 1. The van der Waals surface area contributed by atoms with E-state index < -0.39 is 0 Å². The third kappa shape index (κ3) is 2.33. The van der Waals surface area contributed by atoms with Crippen LogP contribution >= 0.6 is 22.9 Å². The van der Waals surface area contributed by atoms with Crippen LogP contribution in [-0.4, -0.2) is 16.5 Å². The number of hydrogen-bond acceptors (Lipinski definition) is 4. The summed E-state index contributed by atoms with van der Waals surface area (Å²) in [5.74, 6) is 0.807. The maximum atomic E-state index is 5.87. The zero-order valence-electron chi connectivity index (χ0n) is 8.96. The van der Waals surface area contributed by atoms with Gasteiger partial charge in [-0.1, -0.05) is 6.08 Å². The Kier molecular flexibility index (Phi) is 3.41. The minimum Gasteiger partial charge on any atom is -0.369 e. The van der Waals surface area contributed by atoms with Crippen LogP contribution in [0.3, 0.4) is 0 Å². The molecule has 2 heterocycles. The highest BCUT2D eigenvalue weighted by Gasteiger charge is 2.08. The fourth-order valence-corrected chi connectivity index (χ4v) is 2.54. The molecule has 5 heteroatoms. The van der Waals surface area contributed by atoms with Crippen molar-refractivity contribution in [1.29, 1.82) is 0 Å². The van der Waals surface area contributed by atoms with Crippen molar-refractivity contribution < 1.29 is 0 Å². The Morgan fingerprint density at radius 2 is 2.38 bits per heavy atom. The number of aromatic nitrogens is 2. The van der Waals surface area contributed by atoms with Crippen LogP contribution in [0, 0.1) is 6.92 Å². The molecule has 0 bridgehead atoms. The van der Waals surface area contributed by atoms with Crippen molar-refractivity contribution in [2.75, 3.05) is 11.9 Å². The lowest BCUT2D eigenvalue weighted by Crippen LogP contribution is -2.03. The molecule has 2 aromatic heterocycles. The Balaban J connectivity index is 2.37. The van der Waals surface area contributed by atoms with Gasteiger partial charge in [0.25, 0.3) is 0 Å². The summed E-state index contributed by atoms with van der Waals surface area (Å²) >= 11 is 7.49.